The molecule has 0 atom stereocenters. The zero-order chi connectivity index (χ0) is 9.26. The lowest BCUT2D eigenvalue weighted by Gasteiger charge is -1.96. The normalized spacial score (nSPS) is 10.3. The molecule has 2 rings (SSSR count). The first-order valence-corrected chi connectivity index (χ1v) is 4.65. The van der Waals surface area contributed by atoms with E-state index < -0.39 is 0 Å². The van der Waals surface area contributed by atoms with Crippen LogP contribution in [0.4, 0.5) is 0 Å². The Balaban J connectivity index is 2.53. The molecule has 0 aliphatic heterocycles. The van der Waals surface area contributed by atoms with Crippen LogP contribution in [0.5, 0.6) is 0 Å². The molecule has 2 heterocycles. The van der Waals surface area contributed by atoms with Crippen LogP contribution in [0.3, 0.4) is 0 Å². The van der Waals surface area contributed by atoms with Gasteiger partial charge in [-0.3, -0.25) is 4.98 Å². The third kappa shape index (κ3) is 1.49. The van der Waals surface area contributed by atoms with Crippen molar-refractivity contribution in [3.05, 3.63) is 35.5 Å². The SMILES string of the molecule is Cn1cnc(-c2cccnc2)c1Br. The number of hydrogen-bond acceptors (Lipinski definition) is 2. The van der Waals surface area contributed by atoms with Crippen LogP contribution in [0, 0.1) is 0 Å². The highest BCUT2D eigenvalue weighted by atomic mass is 79.9. The average molecular weight is 238 g/mol. The van der Waals surface area contributed by atoms with Gasteiger partial charge in [0.25, 0.3) is 0 Å². The third-order valence-electron chi connectivity index (χ3n) is 1.80. The van der Waals surface area contributed by atoms with E-state index in [0.717, 1.165) is 15.9 Å². The van der Waals surface area contributed by atoms with Crippen LogP contribution in [-0.4, -0.2) is 14.5 Å². The van der Waals surface area contributed by atoms with Crippen molar-refractivity contribution >= 4 is 15.9 Å². The molecule has 0 N–H and O–H groups in total. The van der Waals surface area contributed by atoms with Crippen molar-refractivity contribution in [1.82, 2.24) is 14.5 Å². The summed E-state index contributed by atoms with van der Waals surface area (Å²) in [7, 11) is 1.94. The van der Waals surface area contributed by atoms with E-state index in [-0.39, 0.29) is 0 Å². The molecule has 0 bridgehead atoms. The van der Waals surface area contributed by atoms with Crippen LogP contribution in [0.1, 0.15) is 0 Å². The van der Waals surface area contributed by atoms with Gasteiger partial charge in [0.15, 0.2) is 0 Å². The fourth-order valence-corrected chi connectivity index (χ4v) is 1.53. The number of hydrogen-bond donors (Lipinski definition) is 0. The van der Waals surface area contributed by atoms with Gasteiger partial charge in [0, 0.05) is 25.0 Å². The Labute approximate surface area is 84.6 Å². The Morgan fingerprint density at radius 3 is 2.85 bits per heavy atom. The van der Waals surface area contributed by atoms with Gasteiger partial charge in [0.1, 0.15) is 10.3 Å². The number of nitrogens with zero attached hydrogens (tertiary/aromatic N) is 3. The number of halogens is 1. The van der Waals surface area contributed by atoms with Crippen LogP contribution >= 0.6 is 15.9 Å². The molecule has 0 fully saturated rings. The highest BCUT2D eigenvalue weighted by Gasteiger charge is 2.07. The molecular weight excluding hydrogens is 230 g/mol. The Morgan fingerprint density at radius 2 is 2.31 bits per heavy atom. The smallest absolute Gasteiger partial charge is 0.112 e. The summed E-state index contributed by atoms with van der Waals surface area (Å²) < 4.78 is 2.89. The molecule has 0 spiro atoms. The molecule has 66 valence electrons. The zero-order valence-electron chi connectivity index (χ0n) is 7.11. The van der Waals surface area contributed by atoms with Crippen molar-refractivity contribution in [2.75, 3.05) is 0 Å². The van der Waals surface area contributed by atoms with E-state index in [2.05, 4.69) is 25.9 Å². The number of aryl methyl sites for hydroxylation is 1. The maximum Gasteiger partial charge on any atom is 0.112 e. The van der Waals surface area contributed by atoms with Crippen LogP contribution in [0.25, 0.3) is 11.3 Å². The van der Waals surface area contributed by atoms with Gasteiger partial charge in [-0.15, -0.1) is 0 Å². The second kappa shape index (κ2) is 3.30. The van der Waals surface area contributed by atoms with E-state index in [9.17, 15) is 0 Å². The Bertz CT molecular complexity index is 408. The Kier molecular flexibility index (Phi) is 2.14. The number of pyridine rings is 1. The summed E-state index contributed by atoms with van der Waals surface area (Å²) in [6, 6.07) is 3.89. The van der Waals surface area contributed by atoms with E-state index in [4.69, 9.17) is 0 Å². The van der Waals surface area contributed by atoms with Gasteiger partial charge >= 0.3 is 0 Å². The number of rotatable bonds is 1. The highest BCUT2D eigenvalue weighted by Crippen LogP contribution is 2.24. The van der Waals surface area contributed by atoms with Crippen LogP contribution < -0.4 is 0 Å². The Hall–Kier alpha value is -1.16. The van der Waals surface area contributed by atoms with E-state index in [1.807, 2.05) is 23.7 Å². The summed E-state index contributed by atoms with van der Waals surface area (Å²) in [6.45, 7) is 0. The molecule has 2 aromatic heterocycles. The van der Waals surface area contributed by atoms with Crippen molar-refractivity contribution in [2.45, 2.75) is 0 Å². The summed E-state index contributed by atoms with van der Waals surface area (Å²) >= 11 is 3.46. The second-order valence-electron chi connectivity index (χ2n) is 2.74. The molecule has 0 aliphatic rings. The van der Waals surface area contributed by atoms with Gasteiger partial charge in [-0.1, -0.05) is 0 Å². The fraction of sp³-hybridized carbons (Fsp3) is 0.111. The van der Waals surface area contributed by atoms with Gasteiger partial charge in [-0.05, 0) is 28.1 Å². The van der Waals surface area contributed by atoms with Crippen molar-refractivity contribution in [3.8, 4) is 11.3 Å². The van der Waals surface area contributed by atoms with E-state index in [1.165, 1.54) is 0 Å². The molecule has 13 heavy (non-hydrogen) atoms. The van der Waals surface area contributed by atoms with Crippen molar-refractivity contribution in [1.29, 1.82) is 0 Å². The summed E-state index contributed by atoms with van der Waals surface area (Å²) in [6.07, 6.45) is 5.32. The molecule has 0 amide bonds. The second-order valence-corrected chi connectivity index (χ2v) is 3.49. The monoisotopic (exact) mass is 237 g/mol. The number of aromatic nitrogens is 3. The molecular formula is C9H8BrN3. The van der Waals surface area contributed by atoms with Gasteiger partial charge in [-0.25, -0.2) is 4.98 Å². The standard InChI is InChI=1S/C9H8BrN3/c1-13-6-12-8(9(13)10)7-3-2-4-11-5-7/h2-6H,1H3. The first-order valence-electron chi connectivity index (χ1n) is 3.86. The predicted octanol–water partition coefficient (Wildman–Crippen LogP) is 2.24. The maximum atomic E-state index is 4.26. The van der Waals surface area contributed by atoms with Crippen molar-refractivity contribution < 1.29 is 0 Å². The zero-order valence-corrected chi connectivity index (χ0v) is 8.69. The predicted molar refractivity (Wildman–Crippen MR) is 54.1 cm³/mol. The molecule has 0 radical (unpaired) electrons. The van der Waals surface area contributed by atoms with Gasteiger partial charge in [-0.2, -0.15) is 0 Å². The van der Waals surface area contributed by atoms with Crippen LogP contribution in [-0.2, 0) is 7.05 Å². The topological polar surface area (TPSA) is 30.7 Å². The lowest BCUT2D eigenvalue weighted by molar-refractivity contribution is 0.891. The summed E-state index contributed by atoms with van der Waals surface area (Å²) in [4.78, 5) is 8.30. The van der Waals surface area contributed by atoms with Crippen molar-refractivity contribution in [3.63, 3.8) is 0 Å². The maximum absolute atomic E-state index is 4.26. The molecule has 0 aliphatic carbocycles. The summed E-state index contributed by atoms with van der Waals surface area (Å²) in [5.41, 5.74) is 1.95. The van der Waals surface area contributed by atoms with Crippen LogP contribution in [0.15, 0.2) is 35.5 Å². The largest absolute Gasteiger partial charge is 0.328 e. The van der Waals surface area contributed by atoms with Gasteiger partial charge < -0.3 is 4.57 Å². The van der Waals surface area contributed by atoms with E-state index in [0.29, 0.717) is 0 Å². The highest BCUT2D eigenvalue weighted by molar-refractivity contribution is 9.10. The van der Waals surface area contributed by atoms with Crippen LogP contribution in [0.2, 0.25) is 0 Å². The molecule has 3 nitrogen and oxygen atoms in total. The minimum Gasteiger partial charge on any atom is -0.328 e. The lowest BCUT2D eigenvalue weighted by Crippen LogP contribution is -1.84. The molecule has 4 heteroatoms. The quantitative estimate of drug-likeness (QED) is 0.762. The minimum absolute atomic E-state index is 0.926. The number of imidazole rings is 1. The average Bonchev–Trinajstić information content (AvgIpc) is 2.49. The Morgan fingerprint density at radius 1 is 1.46 bits per heavy atom. The summed E-state index contributed by atoms with van der Waals surface area (Å²) in [5.74, 6) is 0. The first kappa shape index (κ1) is 8.44. The van der Waals surface area contributed by atoms with Gasteiger partial charge in [0.05, 0.1) is 6.33 Å². The minimum atomic E-state index is 0.926. The molecule has 2 aromatic rings. The first-order chi connectivity index (χ1) is 6.29. The third-order valence-corrected chi connectivity index (χ3v) is 2.74. The molecule has 0 saturated heterocycles. The molecule has 0 saturated carbocycles. The van der Waals surface area contributed by atoms with E-state index >= 15 is 0 Å². The van der Waals surface area contributed by atoms with Crippen molar-refractivity contribution in [2.24, 2.45) is 7.05 Å². The van der Waals surface area contributed by atoms with E-state index in [1.54, 1.807) is 18.7 Å². The fourth-order valence-electron chi connectivity index (χ4n) is 1.11. The van der Waals surface area contributed by atoms with Gasteiger partial charge in [0.2, 0.25) is 0 Å². The summed E-state index contributed by atoms with van der Waals surface area (Å²) in [5, 5.41) is 0. The lowest BCUT2D eigenvalue weighted by atomic mass is 10.2. The molecule has 0 unspecified atom stereocenters. The molecule has 0 aromatic carbocycles.